The number of benzene rings is 1. The Morgan fingerprint density at radius 3 is 2.34 bits per heavy atom. The van der Waals surface area contributed by atoms with Gasteiger partial charge in [-0.05, 0) is 69.1 Å². The van der Waals surface area contributed by atoms with E-state index in [0.29, 0.717) is 17.9 Å². The van der Waals surface area contributed by atoms with Crippen LogP contribution in [0.25, 0.3) is 5.69 Å². The molecule has 3 N–H and O–H groups in total. The number of carbonyl (C=O) groups is 1. The zero-order valence-corrected chi connectivity index (χ0v) is 18.7. The third kappa shape index (κ3) is 4.96. The normalized spacial score (nSPS) is 26.6. The van der Waals surface area contributed by atoms with Crippen molar-refractivity contribution in [1.29, 1.82) is 0 Å². The SMILES string of the molecule is Cc1nccn1-c1ccc(C(C)NC(=O)C2CC3CCCC(C2)C3N)cc1.Cl.Cl. The summed E-state index contributed by atoms with van der Waals surface area (Å²) in [6.07, 6.45) is 9.32. The molecule has 160 valence electrons. The van der Waals surface area contributed by atoms with Gasteiger partial charge in [-0.15, -0.1) is 24.8 Å². The first-order valence-electron chi connectivity index (χ1n) is 10.2. The van der Waals surface area contributed by atoms with E-state index in [2.05, 4.69) is 46.1 Å². The van der Waals surface area contributed by atoms with Crippen molar-refractivity contribution in [3.8, 4) is 5.69 Å². The Labute approximate surface area is 185 Å². The highest BCUT2D eigenvalue weighted by Crippen LogP contribution is 2.42. The summed E-state index contributed by atoms with van der Waals surface area (Å²) in [5.41, 5.74) is 8.57. The van der Waals surface area contributed by atoms with Crippen molar-refractivity contribution in [2.45, 2.75) is 58.0 Å². The van der Waals surface area contributed by atoms with Crippen LogP contribution >= 0.6 is 24.8 Å². The third-order valence-electron chi connectivity index (χ3n) is 6.64. The first kappa shape index (κ1) is 23.7. The lowest BCUT2D eigenvalue weighted by molar-refractivity contribution is -0.128. The molecule has 1 aromatic carbocycles. The number of nitrogens with one attached hydrogen (secondary N) is 1. The molecule has 2 bridgehead atoms. The summed E-state index contributed by atoms with van der Waals surface area (Å²) in [6, 6.07) is 8.65. The second-order valence-electron chi connectivity index (χ2n) is 8.36. The van der Waals surface area contributed by atoms with Gasteiger partial charge in [-0.25, -0.2) is 4.98 Å². The number of imidazole rings is 1. The summed E-state index contributed by atoms with van der Waals surface area (Å²) in [7, 11) is 0. The minimum absolute atomic E-state index is 0. The van der Waals surface area contributed by atoms with Crippen LogP contribution in [0, 0.1) is 24.7 Å². The predicted molar refractivity (Wildman–Crippen MR) is 121 cm³/mol. The topological polar surface area (TPSA) is 72.9 Å². The Hall–Kier alpha value is -1.56. The van der Waals surface area contributed by atoms with E-state index in [1.807, 2.05) is 13.1 Å². The third-order valence-corrected chi connectivity index (χ3v) is 6.64. The number of aryl methyl sites for hydroxylation is 1. The Bertz CT molecular complexity index is 793. The average molecular weight is 439 g/mol. The Kier molecular flexibility index (Phi) is 8.15. The molecule has 1 aromatic heterocycles. The lowest BCUT2D eigenvalue weighted by atomic mass is 9.65. The van der Waals surface area contributed by atoms with Crippen LogP contribution in [0.3, 0.4) is 0 Å². The van der Waals surface area contributed by atoms with Crippen LogP contribution in [0.5, 0.6) is 0 Å². The second-order valence-corrected chi connectivity index (χ2v) is 8.36. The second kappa shape index (κ2) is 9.96. The van der Waals surface area contributed by atoms with Crippen molar-refractivity contribution in [2.24, 2.45) is 23.5 Å². The number of halogens is 2. The van der Waals surface area contributed by atoms with Gasteiger partial charge in [0.2, 0.25) is 5.91 Å². The van der Waals surface area contributed by atoms with Gasteiger partial charge in [0.05, 0.1) is 6.04 Å². The standard InChI is InChI=1S/C22H30N4O.2ClH/c1-14(16-6-8-20(9-7-16)26-11-10-24-15(26)2)25-22(27)19-12-17-4-3-5-18(13-19)21(17)23;;/h6-11,14,17-19,21H,3-5,12-13,23H2,1-2H3,(H,25,27);2*1H. The van der Waals surface area contributed by atoms with Crippen molar-refractivity contribution >= 4 is 30.7 Å². The van der Waals surface area contributed by atoms with E-state index in [-0.39, 0.29) is 42.7 Å². The lowest BCUT2D eigenvalue weighted by Gasteiger charge is -2.43. The molecule has 2 aromatic rings. The molecule has 3 atom stereocenters. The summed E-state index contributed by atoms with van der Waals surface area (Å²) < 4.78 is 2.05. The first-order chi connectivity index (χ1) is 13.0. The lowest BCUT2D eigenvalue weighted by Crippen LogP contribution is -2.49. The number of nitrogens with zero attached hydrogens (tertiary/aromatic N) is 2. The van der Waals surface area contributed by atoms with Crippen LogP contribution in [-0.2, 0) is 4.79 Å². The fourth-order valence-corrected chi connectivity index (χ4v) is 4.99. The molecule has 2 aliphatic carbocycles. The molecule has 29 heavy (non-hydrogen) atoms. The summed E-state index contributed by atoms with van der Waals surface area (Å²) in [6.45, 7) is 4.05. The molecule has 3 unspecified atom stereocenters. The van der Waals surface area contributed by atoms with Gasteiger partial charge in [-0.2, -0.15) is 0 Å². The average Bonchev–Trinajstić information content (AvgIpc) is 3.07. The molecule has 2 fully saturated rings. The number of carbonyl (C=O) groups excluding carboxylic acids is 1. The first-order valence-corrected chi connectivity index (χ1v) is 10.2. The predicted octanol–water partition coefficient (Wildman–Crippen LogP) is 4.36. The molecule has 0 saturated heterocycles. The number of amides is 1. The Morgan fingerprint density at radius 2 is 1.79 bits per heavy atom. The largest absolute Gasteiger partial charge is 0.349 e. The number of hydrogen-bond donors (Lipinski definition) is 2. The highest BCUT2D eigenvalue weighted by Gasteiger charge is 2.40. The Balaban J connectivity index is 0.00000150. The minimum Gasteiger partial charge on any atom is -0.349 e. The molecule has 2 saturated carbocycles. The van der Waals surface area contributed by atoms with Gasteiger partial charge in [-0.3, -0.25) is 4.79 Å². The molecule has 5 nitrogen and oxygen atoms in total. The van der Waals surface area contributed by atoms with Crippen LogP contribution in [0.2, 0.25) is 0 Å². The molecule has 1 heterocycles. The maximum atomic E-state index is 12.9. The van der Waals surface area contributed by atoms with Gasteiger partial charge in [0.1, 0.15) is 5.82 Å². The van der Waals surface area contributed by atoms with Crippen molar-refractivity contribution in [1.82, 2.24) is 14.9 Å². The van der Waals surface area contributed by atoms with Gasteiger partial charge in [0.25, 0.3) is 0 Å². The highest BCUT2D eigenvalue weighted by atomic mass is 35.5. The summed E-state index contributed by atoms with van der Waals surface area (Å²) in [4.78, 5) is 17.1. The van der Waals surface area contributed by atoms with E-state index in [1.165, 1.54) is 19.3 Å². The van der Waals surface area contributed by atoms with Gasteiger partial charge in [0, 0.05) is 30.0 Å². The van der Waals surface area contributed by atoms with E-state index in [4.69, 9.17) is 5.73 Å². The molecular formula is C22H32Cl2N4O. The highest BCUT2D eigenvalue weighted by molar-refractivity contribution is 5.85. The van der Waals surface area contributed by atoms with Crippen LogP contribution in [0.15, 0.2) is 36.7 Å². The van der Waals surface area contributed by atoms with Crippen LogP contribution in [0.4, 0.5) is 0 Å². The molecule has 7 heteroatoms. The van der Waals surface area contributed by atoms with Crippen LogP contribution in [-0.4, -0.2) is 21.5 Å². The van der Waals surface area contributed by atoms with Gasteiger partial charge in [0.15, 0.2) is 0 Å². The number of hydrogen-bond acceptors (Lipinski definition) is 3. The van der Waals surface area contributed by atoms with Crippen LogP contribution in [0.1, 0.15) is 56.5 Å². The van der Waals surface area contributed by atoms with Crippen LogP contribution < -0.4 is 11.1 Å². The van der Waals surface area contributed by atoms with Crippen molar-refractivity contribution in [2.75, 3.05) is 0 Å². The molecule has 0 aliphatic heterocycles. The summed E-state index contributed by atoms with van der Waals surface area (Å²) in [5, 5.41) is 3.24. The zero-order chi connectivity index (χ0) is 19.0. The number of rotatable bonds is 4. The van der Waals surface area contributed by atoms with E-state index >= 15 is 0 Å². The molecular weight excluding hydrogens is 407 g/mol. The van der Waals surface area contributed by atoms with Gasteiger partial charge < -0.3 is 15.6 Å². The van der Waals surface area contributed by atoms with Crippen molar-refractivity contribution in [3.63, 3.8) is 0 Å². The Morgan fingerprint density at radius 1 is 1.17 bits per heavy atom. The number of fused-ring (bicyclic) bond motifs is 2. The van der Waals surface area contributed by atoms with Gasteiger partial charge >= 0.3 is 0 Å². The monoisotopic (exact) mass is 438 g/mol. The van der Waals surface area contributed by atoms with Gasteiger partial charge in [-0.1, -0.05) is 18.6 Å². The molecule has 4 rings (SSSR count). The number of aromatic nitrogens is 2. The van der Waals surface area contributed by atoms with Crippen molar-refractivity contribution < 1.29 is 4.79 Å². The fourth-order valence-electron chi connectivity index (χ4n) is 4.99. The molecule has 1 amide bonds. The summed E-state index contributed by atoms with van der Waals surface area (Å²) >= 11 is 0. The minimum atomic E-state index is 0. The van der Waals surface area contributed by atoms with E-state index in [0.717, 1.165) is 29.9 Å². The zero-order valence-electron chi connectivity index (χ0n) is 17.1. The molecule has 0 radical (unpaired) electrons. The fraction of sp³-hybridized carbons (Fsp3) is 0.545. The maximum absolute atomic E-state index is 12.9. The van der Waals surface area contributed by atoms with E-state index < -0.39 is 0 Å². The van der Waals surface area contributed by atoms with E-state index in [9.17, 15) is 4.79 Å². The van der Waals surface area contributed by atoms with E-state index in [1.54, 1.807) is 6.20 Å². The molecule has 0 spiro atoms. The number of nitrogens with two attached hydrogens (primary N) is 1. The molecule has 2 aliphatic rings. The smallest absolute Gasteiger partial charge is 0.223 e. The quantitative estimate of drug-likeness (QED) is 0.744. The van der Waals surface area contributed by atoms with Crippen molar-refractivity contribution in [3.05, 3.63) is 48.0 Å². The maximum Gasteiger partial charge on any atom is 0.223 e. The summed E-state index contributed by atoms with van der Waals surface area (Å²) in [5.74, 6) is 2.34.